The Morgan fingerprint density at radius 2 is 2.05 bits per heavy atom. The molecule has 1 heterocycles. The summed E-state index contributed by atoms with van der Waals surface area (Å²) in [6.45, 7) is 8.28. The van der Waals surface area contributed by atoms with Crippen molar-refractivity contribution < 1.29 is 10.0 Å². The van der Waals surface area contributed by atoms with E-state index < -0.39 is 5.41 Å². The average molecular weight is 296 g/mol. The van der Waals surface area contributed by atoms with Crippen molar-refractivity contribution in [3.63, 3.8) is 0 Å². The van der Waals surface area contributed by atoms with E-state index >= 15 is 0 Å². The van der Waals surface area contributed by atoms with Crippen LogP contribution in [0.15, 0.2) is 5.16 Å². The molecule has 2 rings (SSSR count). The summed E-state index contributed by atoms with van der Waals surface area (Å²) in [7, 11) is 0. The second kappa shape index (κ2) is 6.64. The van der Waals surface area contributed by atoms with Crippen molar-refractivity contribution in [3.8, 4) is 0 Å². The Hall–Kier alpha value is -1.30. The van der Waals surface area contributed by atoms with E-state index in [1.807, 2.05) is 0 Å². The Bertz CT molecular complexity index is 396. The molecule has 120 valence electrons. The number of amidine groups is 1. The number of nitrogens with two attached hydrogens (primary N) is 1. The molecule has 2 aliphatic rings. The van der Waals surface area contributed by atoms with Gasteiger partial charge in [-0.15, -0.1) is 0 Å². The quantitative estimate of drug-likeness (QED) is 0.305. The minimum Gasteiger partial charge on any atom is -0.409 e. The number of piperidine rings is 1. The van der Waals surface area contributed by atoms with Gasteiger partial charge in [0.05, 0.1) is 0 Å². The maximum absolute atomic E-state index is 12.5. The Balaban J connectivity index is 1.84. The summed E-state index contributed by atoms with van der Waals surface area (Å²) in [5, 5.41) is 15.0. The van der Waals surface area contributed by atoms with Gasteiger partial charge in [-0.25, -0.2) is 0 Å². The zero-order valence-electron chi connectivity index (χ0n) is 13.1. The fourth-order valence-corrected chi connectivity index (χ4v) is 3.65. The monoisotopic (exact) mass is 296 g/mol. The van der Waals surface area contributed by atoms with E-state index in [0.717, 1.165) is 32.5 Å². The fourth-order valence-electron chi connectivity index (χ4n) is 3.65. The number of nitrogens with zero attached hydrogens (tertiary/aromatic N) is 2. The molecule has 1 aliphatic carbocycles. The maximum Gasteiger partial charge on any atom is 0.233 e. The summed E-state index contributed by atoms with van der Waals surface area (Å²) in [4.78, 5) is 14.9. The molecule has 0 atom stereocenters. The predicted octanol–water partition coefficient (Wildman–Crippen LogP) is 0.997. The molecule has 1 saturated carbocycles. The van der Waals surface area contributed by atoms with Crippen LogP contribution in [-0.4, -0.2) is 48.0 Å². The van der Waals surface area contributed by atoms with Crippen molar-refractivity contribution in [2.45, 2.75) is 39.5 Å². The van der Waals surface area contributed by atoms with E-state index in [2.05, 4.69) is 29.2 Å². The van der Waals surface area contributed by atoms with Crippen LogP contribution in [0, 0.1) is 17.3 Å². The van der Waals surface area contributed by atoms with Crippen LogP contribution < -0.4 is 11.1 Å². The number of nitrogens with one attached hydrogen (secondary N) is 1. The van der Waals surface area contributed by atoms with Crippen molar-refractivity contribution in [1.29, 1.82) is 0 Å². The maximum atomic E-state index is 12.5. The first-order valence-electron chi connectivity index (χ1n) is 8.00. The molecule has 0 spiro atoms. The zero-order valence-corrected chi connectivity index (χ0v) is 13.1. The standard InChI is InChI=1S/C15H28N4O2/c1-3-19-6-4-12(5-7-19)10-17-14(20)15(13(16)18-21)8-11(2)9-15/h11-12,21H,3-10H2,1-2H3,(H2,16,18)(H,17,20). The molecule has 6 nitrogen and oxygen atoms in total. The van der Waals surface area contributed by atoms with Gasteiger partial charge in [-0.3, -0.25) is 4.79 Å². The molecule has 0 aromatic carbocycles. The zero-order chi connectivity index (χ0) is 15.5. The van der Waals surface area contributed by atoms with Crippen molar-refractivity contribution in [3.05, 3.63) is 0 Å². The molecule has 21 heavy (non-hydrogen) atoms. The van der Waals surface area contributed by atoms with E-state index in [9.17, 15) is 4.79 Å². The van der Waals surface area contributed by atoms with E-state index in [4.69, 9.17) is 10.9 Å². The third kappa shape index (κ3) is 3.31. The van der Waals surface area contributed by atoms with Crippen LogP contribution in [0.25, 0.3) is 0 Å². The lowest BCUT2D eigenvalue weighted by atomic mass is 9.61. The van der Waals surface area contributed by atoms with E-state index in [1.165, 1.54) is 0 Å². The first-order valence-corrected chi connectivity index (χ1v) is 8.00. The molecule has 1 aliphatic heterocycles. The molecule has 0 bridgehead atoms. The van der Waals surface area contributed by atoms with Crippen LogP contribution in [0.1, 0.15) is 39.5 Å². The number of carbonyl (C=O) groups is 1. The highest BCUT2D eigenvalue weighted by molar-refractivity contribution is 6.07. The topological polar surface area (TPSA) is 91.0 Å². The third-order valence-electron chi connectivity index (χ3n) is 5.13. The number of oxime groups is 1. The summed E-state index contributed by atoms with van der Waals surface area (Å²) in [6.07, 6.45) is 3.59. The molecular formula is C15H28N4O2. The number of hydrogen-bond acceptors (Lipinski definition) is 4. The van der Waals surface area contributed by atoms with Crippen molar-refractivity contribution in [1.82, 2.24) is 10.2 Å². The molecule has 2 fully saturated rings. The highest BCUT2D eigenvalue weighted by Crippen LogP contribution is 2.45. The van der Waals surface area contributed by atoms with E-state index in [1.54, 1.807) is 0 Å². The first-order chi connectivity index (χ1) is 10.0. The lowest BCUT2D eigenvalue weighted by Gasteiger charge is -2.44. The lowest BCUT2D eigenvalue weighted by molar-refractivity contribution is -0.133. The fraction of sp³-hybridized carbons (Fsp3) is 0.867. The summed E-state index contributed by atoms with van der Waals surface area (Å²) in [6, 6.07) is 0. The minimum absolute atomic E-state index is 0.0545. The van der Waals surface area contributed by atoms with Gasteiger partial charge in [-0.05, 0) is 57.2 Å². The van der Waals surface area contributed by atoms with Crippen LogP contribution in [-0.2, 0) is 4.79 Å². The number of rotatable bonds is 5. The van der Waals surface area contributed by atoms with Gasteiger partial charge in [0.1, 0.15) is 5.41 Å². The van der Waals surface area contributed by atoms with E-state index in [-0.39, 0.29) is 11.7 Å². The highest BCUT2D eigenvalue weighted by atomic mass is 16.4. The summed E-state index contributed by atoms with van der Waals surface area (Å²) in [5.74, 6) is 0.968. The van der Waals surface area contributed by atoms with E-state index in [0.29, 0.717) is 31.2 Å². The van der Waals surface area contributed by atoms with Crippen molar-refractivity contribution in [2.75, 3.05) is 26.2 Å². The summed E-state index contributed by atoms with van der Waals surface area (Å²) >= 11 is 0. The van der Waals surface area contributed by atoms with Gasteiger partial charge < -0.3 is 21.2 Å². The van der Waals surface area contributed by atoms with Gasteiger partial charge in [0, 0.05) is 6.54 Å². The number of hydrogen-bond donors (Lipinski definition) is 3. The minimum atomic E-state index is -0.779. The van der Waals surface area contributed by atoms with Crippen LogP contribution in [0.5, 0.6) is 0 Å². The highest BCUT2D eigenvalue weighted by Gasteiger charge is 2.52. The van der Waals surface area contributed by atoms with Crippen molar-refractivity contribution in [2.24, 2.45) is 28.1 Å². The van der Waals surface area contributed by atoms with Gasteiger partial charge >= 0.3 is 0 Å². The van der Waals surface area contributed by atoms with Gasteiger partial charge in [0.2, 0.25) is 5.91 Å². The SMILES string of the molecule is CCN1CCC(CNC(=O)C2(C(N)=NO)CC(C)C2)CC1. The Kier molecular flexibility index (Phi) is 5.08. The predicted molar refractivity (Wildman–Crippen MR) is 82.1 cm³/mol. The number of carbonyl (C=O) groups excluding carboxylic acids is 1. The Morgan fingerprint density at radius 3 is 2.52 bits per heavy atom. The van der Waals surface area contributed by atoms with Gasteiger partial charge in [0.15, 0.2) is 5.84 Å². The molecule has 6 heteroatoms. The van der Waals surface area contributed by atoms with Gasteiger partial charge in [-0.2, -0.15) is 0 Å². The van der Waals surface area contributed by atoms with Crippen LogP contribution in [0.4, 0.5) is 0 Å². The molecule has 0 radical (unpaired) electrons. The second-order valence-corrected chi connectivity index (χ2v) is 6.67. The summed E-state index contributed by atoms with van der Waals surface area (Å²) < 4.78 is 0. The van der Waals surface area contributed by atoms with Gasteiger partial charge in [0.25, 0.3) is 0 Å². The largest absolute Gasteiger partial charge is 0.409 e. The van der Waals surface area contributed by atoms with Crippen molar-refractivity contribution >= 4 is 11.7 Å². The van der Waals surface area contributed by atoms with Crippen LogP contribution in [0.2, 0.25) is 0 Å². The average Bonchev–Trinajstić information content (AvgIpc) is 2.48. The smallest absolute Gasteiger partial charge is 0.233 e. The first kappa shape index (κ1) is 16.1. The third-order valence-corrected chi connectivity index (χ3v) is 5.13. The van der Waals surface area contributed by atoms with Crippen LogP contribution in [0.3, 0.4) is 0 Å². The summed E-state index contributed by atoms with van der Waals surface area (Å²) in [5.41, 5.74) is 4.97. The second-order valence-electron chi connectivity index (χ2n) is 6.67. The molecule has 1 saturated heterocycles. The Morgan fingerprint density at radius 1 is 1.43 bits per heavy atom. The molecule has 0 aromatic heterocycles. The normalized spacial score (nSPS) is 31.7. The molecule has 0 unspecified atom stereocenters. The Labute approximate surface area is 126 Å². The number of amides is 1. The van der Waals surface area contributed by atoms with Gasteiger partial charge in [-0.1, -0.05) is 19.0 Å². The molecule has 0 aromatic rings. The molecule has 1 amide bonds. The van der Waals surface area contributed by atoms with Crippen LogP contribution >= 0.6 is 0 Å². The lowest BCUT2D eigenvalue weighted by Crippen LogP contribution is -2.57. The molecular weight excluding hydrogens is 268 g/mol. The molecule has 4 N–H and O–H groups in total. The number of likely N-dealkylation sites (tertiary alicyclic amines) is 1.